The van der Waals surface area contributed by atoms with Gasteiger partial charge in [0.15, 0.2) is 0 Å². The lowest BCUT2D eigenvalue weighted by Crippen LogP contribution is -2.24. The van der Waals surface area contributed by atoms with E-state index in [1.54, 1.807) is 18.6 Å². The van der Waals surface area contributed by atoms with E-state index in [9.17, 15) is 4.79 Å². The predicted octanol–water partition coefficient (Wildman–Crippen LogP) is 2.36. The van der Waals surface area contributed by atoms with E-state index in [1.165, 1.54) is 0 Å². The Morgan fingerprint density at radius 1 is 1.20 bits per heavy atom. The average molecular weight is 335 g/mol. The summed E-state index contributed by atoms with van der Waals surface area (Å²) < 4.78 is 0.929. The summed E-state index contributed by atoms with van der Waals surface area (Å²) in [6.07, 6.45) is 5.54. The van der Waals surface area contributed by atoms with Crippen LogP contribution in [0.15, 0.2) is 47.3 Å². The topological polar surface area (TPSA) is 66.9 Å². The van der Waals surface area contributed by atoms with E-state index in [1.807, 2.05) is 24.3 Å². The van der Waals surface area contributed by atoms with Crippen molar-refractivity contribution in [1.82, 2.24) is 15.3 Å². The Bertz CT molecular complexity index is 545. The van der Waals surface area contributed by atoms with Gasteiger partial charge in [0.05, 0.1) is 0 Å². The van der Waals surface area contributed by atoms with Crippen molar-refractivity contribution >= 4 is 27.7 Å². The van der Waals surface area contributed by atoms with Gasteiger partial charge in [0.25, 0.3) is 0 Å². The number of carbonyl (C=O) groups excluding carboxylic acids is 1. The van der Waals surface area contributed by atoms with E-state index in [4.69, 9.17) is 0 Å². The molecule has 0 aliphatic rings. The number of amides is 1. The summed E-state index contributed by atoms with van der Waals surface area (Å²) in [4.78, 5) is 19.8. The van der Waals surface area contributed by atoms with Crippen molar-refractivity contribution < 1.29 is 4.79 Å². The molecule has 6 heteroatoms. The second-order valence-electron chi connectivity index (χ2n) is 4.17. The SMILES string of the molecule is O=C(CCNc1ccc(Br)cn1)NCc1ccncc1. The molecule has 2 heterocycles. The van der Waals surface area contributed by atoms with Crippen molar-refractivity contribution in [2.75, 3.05) is 11.9 Å². The Kier molecular flexibility index (Phi) is 5.49. The molecule has 2 aromatic heterocycles. The van der Waals surface area contributed by atoms with Crippen molar-refractivity contribution in [3.8, 4) is 0 Å². The standard InChI is InChI=1S/C14H15BrN4O/c15-12-1-2-13(18-10-12)17-8-5-14(20)19-9-11-3-6-16-7-4-11/h1-4,6-7,10H,5,8-9H2,(H,17,18)(H,19,20). The van der Waals surface area contributed by atoms with Crippen LogP contribution in [0.25, 0.3) is 0 Å². The number of anilines is 1. The van der Waals surface area contributed by atoms with E-state index in [0.29, 0.717) is 19.5 Å². The van der Waals surface area contributed by atoms with Crippen LogP contribution in [0.3, 0.4) is 0 Å². The van der Waals surface area contributed by atoms with Crippen LogP contribution in [0.4, 0.5) is 5.82 Å². The minimum Gasteiger partial charge on any atom is -0.370 e. The van der Waals surface area contributed by atoms with Crippen LogP contribution in [-0.2, 0) is 11.3 Å². The molecule has 2 N–H and O–H groups in total. The highest BCUT2D eigenvalue weighted by Crippen LogP contribution is 2.10. The van der Waals surface area contributed by atoms with Crippen molar-refractivity contribution in [3.63, 3.8) is 0 Å². The fourth-order valence-corrected chi connectivity index (χ4v) is 1.81. The fourth-order valence-electron chi connectivity index (χ4n) is 1.57. The maximum Gasteiger partial charge on any atom is 0.222 e. The van der Waals surface area contributed by atoms with Gasteiger partial charge in [-0.15, -0.1) is 0 Å². The minimum atomic E-state index is 0.00595. The molecule has 0 bridgehead atoms. The number of pyridine rings is 2. The van der Waals surface area contributed by atoms with Crippen LogP contribution >= 0.6 is 15.9 Å². The molecule has 0 aromatic carbocycles. The lowest BCUT2D eigenvalue weighted by Gasteiger charge is -2.07. The second kappa shape index (κ2) is 7.59. The lowest BCUT2D eigenvalue weighted by molar-refractivity contribution is -0.121. The third kappa shape index (κ3) is 4.97. The molecule has 2 rings (SSSR count). The summed E-state index contributed by atoms with van der Waals surface area (Å²) in [5.74, 6) is 0.765. The molecule has 20 heavy (non-hydrogen) atoms. The largest absolute Gasteiger partial charge is 0.370 e. The summed E-state index contributed by atoms with van der Waals surface area (Å²) in [6.45, 7) is 1.08. The summed E-state index contributed by atoms with van der Waals surface area (Å²) in [7, 11) is 0. The van der Waals surface area contributed by atoms with Crippen LogP contribution in [0.2, 0.25) is 0 Å². The first-order chi connectivity index (χ1) is 9.74. The first kappa shape index (κ1) is 14.5. The van der Waals surface area contributed by atoms with Crippen molar-refractivity contribution in [3.05, 3.63) is 52.9 Å². The highest BCUT2D eigenvalue weighted by molar-refractivity contribution is 9.10. The van der Waals surface area contributed by atoms with Crippen LogP contribution in [0.5, 0.6) is 0 Å². The van der Waals surface area contributed by atoms with E-state index >= 15 is 0 Å². The average Bonchev–Trinajstić information content (AvgIpc) is 2.48. The van der Waals surface area contributed by atoms with Gasteiger partial charge in [-0.25, -0.2) is 4.98 Å². The van der Waals surface area contributed by atoms with E-state index in [2.05, 4.69) is 36.5 Å². The number of hydrogen-bond donors (Lipinski definition) is 2. The Morgan fingerprint density at radius 2 is 2.00 bits per heavy atom. The smallest absolute Gasteiger partial charge is 0.222 e. The molecule has 0 saturated carbocycles. The zero-order chi connectivity index (χ0) is 14.2. The van der Waals surface area contributed by atoms with Crippen LogP contribution in [0.1, 0.15) is 12.0 Å². The Morgan fingerprint density at radius 3 is 2.70 bits per heavy atom. The molecule has 0 spiro atoms. The number of aromatic nitrogens is 2. The number of nitrogens with zero attached hydrogens (tertiary/aromatic N) is 2. The summed E-state index contributed by atoms with van der Waals surface area (Å²) in [5.41, 5.74) is 1.04. The normalized spacial score (nSPS) is 10.1. The summed E-state index contributed by atoms with van der Waals surface area (Å²) in [6, 6.07) is 7.52. The summed E-state index contributed by atoms with van der Waals surface area (Å²) >= 11 is 3.32. The van der Waals surface area contributed by atoms with Crippen molar-refractivity contribution in [2.24, 2.45) is 0 Å². The van der Waals surface area contributed by atoms with Crippen molar-refractivity contribution in [2.45, 2.75) is 13.0 Å². The van der Waals surface area contributed by atoms with Gasteiger partial charge < -0.3 is 10.6 Å². The summed E-state index contributed by atoms with van der Waals surface area (Å²) in [5, 5.41) is 5.96. The van der Waals surface area contributed by atoms with Gasteiger partial charge >= 0.3 is 0 Å². The van der Waals surface area contributed by atoms with Gasteiger partial charge in [0.1, 0.15) is 5.82 Å². The number of carbonyl (C=O) groups is 1. The van der Waals surface area contributed by atoms with Gasteiger partial charge in [-0.3, -0.25) is 9.78 Å². The zero-order valence-corrected chi connectivity index (χ0v) is 12.4. The minimum absolute atomic E-state index is 0.00595. The quantitative estimate of drug-likeness (QED) is 0.850. The molecule has 2 aromatic rings. The maximum absolute atomic E-state index is 11.7. The van der Waals surface area contributed by atoms with Gasteiger partial charge in [0.2, 0.25) is 5.91 Å². The molecule has 0 fully saturated rings. The van der Waals surface area contributed by atoms with E-state index in [0.717, 1.165) is 15.9 Å². The van der Waals surface area contributed by atoms with Crippen LogP contribution < -0.4 is 10.6 Å². The second-order valence-corrected chi connectivity index (χ2v) is 5.09. The monoisotopic (exact) mass is 334 g/mol. The van der Waals surface area contributed by atoms with Gasteiger partial charge in [-0.1, -0.05) is 0 Å². The molecular weight excluding hydrogens is 320 g/mol. The predicted molar refractivity (Wildman–Crippen MR) is 81.1 cm³/mol. The van der Waals surface area contributed by atoms with Crippen LogP contribution in [0, 0.1) is 0 Å². The first-order valence-electron chi connectivity index (χ1n) is 6.25. The highest BCUT2D eigenvalue weighted by Gasteiger charge is 2.01. The molecule has 0 atom stereocenters. The third-order valence-corrected chi connectivity index (χ3v) is 3.09. The van der Waals surface area contributed by atoms with Gasteiger partial charge in [0, 0.05) is 42.6 Å². The maximum atomic E-state index is 11.7. The Labute approximate surface area is 126 Å². The lowest BCUT2D eigenvalue weighted by atomic mass is 10.2. The van der Waals surface area contributed by atoms with Gasteiger partial charge in [-0.2, -0.15) is 0 Å². The van der Waals surface area contributed by atoms with Crippen LogP contribution in [-0.4, -0.2) is 22.4 Å². The zero-order valence-electron chi connectivity index (χ0n) is 10.8. The van der Waals surface area contributed by atoms with Gasteiger partial charge in [-0.05, 0) is 45.8 Å². The molecule has 0 saturated heterocycles. The number of nitrogens with one attached hydrogen (secondary N) is 2. The van der Waals surface area contributed by atoms with E-state index in [-0.39, 0.29) is 5.91 Å². The molecule has 0 radical (unpaired) electrons. The Balaban J connectivity index is 1.66. The molecule has 0 unspecified atom stereocenters. The molecular formula is C14H15BrN4O. The number of halogens is 1. The fraction of sp³-hybridized carbons (Fsp3) is 0.214. The highest BCUT2D eigenvalue weighted by atomic mass is 79.9. The molecule has 0 aliphatic heterocycles. The molecule has 0 aliphatic carbocycles. The van der Waals surface area contributed by atoms with Crippen molar-refractivity contribution in [1.29, 1.82) is 0 Å². The number of hydrogen-bond acceptors (Lipinski definition) is 4. The third-order valence-electron chi connectivity index (χ3n) is 2.62. The Hall–Kier alpha value is -1.95. The molecule has 5 nitrogen and oxygen atoms in total. The first-order valence-corrected chi connectivity index (χ1v) is 7.04. The molecule has 1 amide bonds. The number of rotatable bonds is 6. The van der Waals surface area contributed by atoms with E-state index < -0.39 is 0 Å². The molecule has 104 valence electrons.